The van der Waals surface area contributed by atoms with Crippen LogP contribution >= 0.6 is 0 Å². The van der Waals surface area contributed by atoms with E-state index in [-0.39, 0.29) is 42.5 Å². The Labute approximate surface area is 300 Å². The van der Waals surface area contributed by atoms with Gasteiger partial charge in [0.05, 0.1) is 25.5 Å². The first kappa shape index (κ1) is 36.5. The Balaban J connectivity index is 1.11. The van der Waals surface area contributed by atoms with E-state index >= 15 is 0 Å². The number of aliphatic hydroxyl groups excluding tert-OH is 1. The van der Waals surface area contributed by atoms with Gasteiger partial charge in [-0.15, -0.1) is 0 Å². The summed E-state index contributed by atoms with van der Waals surface area (Å²) in [5.74, 6) is 0.0538. The molecule has 0 aliphatic carbocycles. The molecular formula is C40H51N5O6. The van der Waals surface area contributed by atoms with Gasteiger partial charge in [-0.2, -0.15) is 0 Å². The predicted octanol–water partition coefficient (Wildman–Crippen LogP) is 5.03. The van der Waals surface area contributed by atoms with Crippen LogP contribution in [0.25, 0.3) is 0 Å². The molecule has 4 N–H and O–H groups in total. The Hall–Kier alpha value is -4.29. The number of aliphatic hydroxyl groups is 1. The topological polar surface area (TPSA) is 132 Å². The average molecular weight is 698 g/mol. The Morgan fingerprint density at radius 2 is 1.63 bits per heavy atom. The summed E-state index contributed by atoms with van der Waals surface area (Å²) in [7, 11) is 0. The van der Waals surface area contributed by atoms with Gasteiger partial charge in [0, 0.05) is 62.4 Å². The van der Waals surface area contributed by atoms with Crippen molar-refractivity contribution in [1.82, 2.24) is 15.5 Å². The molecule has 3 fully saturated rings. The molecule has 1 spiro atoms. The molecule has 0 saturated carbocycles. The van der Waals surface area contributed by atoms with Gasteiger partial charge in [-0.05, 0) is 61.1 Å². The molecule has 0 bridgehead atoms. The number of ether oxygens (including phenoxy) is 2. The van der Waals surface area contributed by atoms with Gasteiger partial charge in [0.25, 0.3) is 0 Å². The fourth-order valence-electron chi connectivity index (χ4n) is 7.52. The van der Waals surface area contributed by atoms with E-state index in [4.69, 9.17) is 9.47 Å². The molecule has 272 valence electrons. The highest BCUT2D eigenvalue weighted by Gasteiger charge is 2.51. The third-order valence-corrected chi connectivity index (χ3v) is 10.6. The van der Waals surface area contributed by atoms with Gasteiger partial charge in [0.1, 0.15) is 5.54 Å². The molecule has 3 aromatic rings. The molecule has 51 heavy (non-hydrogen) atoms. The summed E-state index contributed by atoms with van der Waals surface area (Å²) in [5, 5.41) is 18.5. The summed E-state index contributed by atoms with van der Waals surface area (Å²) in [6.07, 6.45) is 3.33. The second-order valence-electron chi connectivity index (χ2n) is 14.0. The normalized spacial score (nSPS) is 23.2. The summed E-state index contributed by atoms with van der Waals surface area (Å²) < 4.78 is 13.4. The fraction of sp³-hybridized carbons (Fsp3) is 0.475. The molecule has 11 nitrogen and oxygen atoms in total. The summed E-state index contributed by atoms with van der Waals surface area (Å²) in [5.41, 5.74) is 3.95. The molecule has 4 atom stereocenters. The number of unbranched alkanes of at least 4 members (excludes halogenated alkanes) is 2. The van der Waals surface area contributed by atoms with Gasteiger partial charge in [0.2, 0.25) is 17.7 Å². The van der Waals surface area contributed by atoms with Crippen LogP contribution in [0.4, 0.5) is 11.4 Å². The smallest absolute Gasteiger partial charge is 0.247 e. The zero-order valence-corrected chi connectivity index (χ0v) is 29.7. The molecule has 3 aliphatic heterocycles. The molecule has 11 heteroatoms. The van der Waals surface area contributed by atoms with E-state index in [2.05, 4.69) is 44.8 Å². The molecule has 0 radical (unpaired) electrons. The number of anilines is 2. The summed E-state index contributed by atoms with van der Waals surface area (Å²) in [6.45, 7) is 7.04. The Morgan fingerprint density at radius 3 is 2.31 bits per heavy atom. The van der Waals surface area contributed by atoms with Crippen LogP contribution in [0.1, 0.15) is 81.5 Å². The van der Waals surface area contributed by atoms with E-state index in [0.29, 0.717) is 31.9 Å². The van der Waals surface area contributed by atoms with Crippen LogP contribution in [0.2, 0.25) is 0 Å². The summed E-state index contributed by atoms with van der Waals surface area (Å²) >= 11 is 0. The van der Waals surface area contributed by atoms with Crippen molar-refractivity contribution in [2.75, 3.05) is 43.1 Å². The largest absolute Gasteiger partial charge is 0.392 e. The number of likely N-dealkylation sites (tertiary alicyclic amines) is 1. The van der Waals surface area contributed by atoms with Crippen molar-refractivity contribution in [3.05, 3.63) is 95.6 Å². The lowest BCUT2D eigenvalue weighted by Gasteiger charge is -2.46. The van der Waals surface area contributed by atoms with E-state index in [9.17, 15) is 19.5 Å². The third-order valence-electron chi connectivity index (χ3n) is 10.6. The monoisotopic (exact) mass is 697 g/mol. The lowest BCUT2D eigenvalue weighted by molar-refractivity contribution is -0.276. The lowest BCUT2D eigenvalue weighted by atomic mass is 9.84. The number of piperidine rings is 1. The van der Waals surface area contributed by atoms with Crippen LogP contribution in [-0.4, -0.2) is 72.2 Å². The third kappa shape index (κ3) is 8.78. The van der Waals surface area contributed by atoms with Crippen molar-refractivity contribution in [1.29, 1.82) is 0 Å². The Bertz CT molecular complexity index is 1610. The van der Waals surface area contributed by atoms with Crippen LogP contribution in [0.3, 0.4) is 0 Å². The first-order chi connectivity index (χ1) is 24.8. The van der Waals surface area contributed by atoms with Gasteiger partial charge in [-0.25, -0.2) is 0 Å². The van der Waals surface area contributed by atoms with E-state index in [1.807, 2.05) is 66.7 Å². The zero-order valence-electron chi connectivity index (χ0n) is 29.7. The van der Waals surface area contributed by atoms with Crippen molar-refractivity contribution in [3.63, 3.8) is 0 Å². The fourth-order valence-corrected chi connectivity index (χ4v) is 7.52. The zero-order chi connectivity index (χ0) is 35.8. The van der Waals surface area contributed by atoms with Gasteiger partial charge in [-0.3, -0.25) is 14.4 Å². The first-order valence-electron chi connectivity index (χ1n) is 18.2. The maximum atomic E-state index is 13.2. The molecular weight excluding hydrogens is 646 g/mol. The lowest BCUT2D eigenvalue weighted by Crippen LogP contribution is -2.57. The molecule has 0 aromatic heterocycles. The van der Waals surface area contributed by atoms with Gasteiger partial charge in [-0.1, -0.05) is 67.9 Å². The van der Waals surface area contributed by atoms with Crippen LogP contribution in [0.5, 0.6) is 0 Å². The minimum Gasteiger partial charge on any atom is -0.392 e. The number of rotatable bonds is 13. The minimum absolute atomic E-state index is 0.0205. The molecule has 3 saturated heterocycles. The van der Waals surface area contributed by atoms with E-state index in [1.54, 1.807) is 0 Å². The van der Waals surface area contributed by atoms with E-state index in [1.165, 1.54) is 6.92 Å². The molecule has 6 rings (SSSR count). The highest BCUT2D eigenvalue weighted by Crippen LogP contribution is 2.43. The van der Waals surface area contributed by atoms with Crippen LogP contribution in [0.15, 0.2) is 78.9 Å². The number of nitrogens with zero attached hydrogens (tertiary/aromatic N) is 2. The number of nitrogens with one attached hydrogen (secondary N) is 3. The number of carbonyl (C=O) groups is 3. The van der Waals surface area contributed by atoms with Crippen LogP contribution in [0, 0.1) is 5.92 Å². The summed E-state index contributed by atoms with van der Waals surface area (Å²) in [6, 6.07) is 25.7. The second-order valence-corrected chi connectivity index (χ2v) is 14.0. The maximum absolute atomic E-state index is 13.2. The number of para-hydroxylation sites is 1. The number of hydrogen-bond donors (Lipinski definition) is 4. The molecule has 3 heterocycles. The molecule has 0 unspecified atom stereocenters. The van der Waals surface area contributed by atoms with Crippen molar-refractivity contribution in [2.24, 2.45) is 5.92 Å². The van der Waals surface area contributed by atoms with Gasteiger partial charge < -0.3 is 40.3 Å². The SMILES string of the molecule is CC(=O)NCCCCCC(=O)Nc1ccc([C@H]2O[C@@H](CN3CCC4(CC3)C(=O)NCN4c3ccccc3)[C@@H](C)[C@@H](c3ccc(CO)cc3)O2)cc1. The predicted molar refractivity (Wildman–Crippen MR) is 196 cm³/mol. The van der Waals surface area contributed by atoms with Gasteiger partial charge >= 0.3 is 0 Å². The van der Waals surface area contributed by atoms with Crippen molar-refractivity contribution >= 4 is 29.1 Å². The van der Waals surface area contributed by atoms with Gasteiger partial charge in [0.15, 0.2) is 6.29 Å². The Kier molecular flexibility index (Phi) is 12.0. The summed E-state index contributed by atoms with van der Waals surface area (Å²) in [4.78, 5) is 41.5. The maximum Gasteiger partial charge on any atom is 0.247 e. The average Bonchev–Trinajstić information content (AvgIpc) is 3.46. The molecule has 3 aliphatic rings. The van der Waals surface area contributed by atoms with Crippen LogP contribution in [-0.2, 0) is 30.5 Å². The second kappa shape index (κ2) is 16.8. The highest BCUT2D eigenvalue weighted by molar-refractivity contribution is 5.93. The number of carbonyl (C=O) groups excluding carboxylic acids is 3. The van der Waals surface area contributed by atoms with Crippen molar-refractivity contribution < 1.29 is 29.0 Å². The van der Waals surface area contributed by atoms with Crippen molar-refractivity contribution in [3.8, 4) is 0 Å². The van der Waals surface area contributed by atoms with Crippen molar-refractivity contribution in [2.45, 2.75) is 83.0 Å². The minimum atomic E-state index is -0.618. The number of benzene rings is 3. The van der Waals surface area contributed by atoms with E-state index in [0.717, 1.165) is 67.6 Å². The molecule has 3 amide bonds. The highest BCUT2D eigenvalue weighted by atomic mass is 16.7. The van der Waals surface area contributed by atoms with Crippen LogP contribution < -0.4 is 20.9 Å². The number of hydrogen-bond acceptors (Lipinski definition) is 8. The Morgan fingerprint density at radius 1 is 0.922 bits per heavy atom. The standard InChI is InChI=1S/C40H51N5O6/c1-28-35(25-44-23-20-40(21-24-44)39(49)42-27-45(40)34-9-5-3-6-10-34)50-38(51-37(28)31-14-12-30(26-46)13-15-31)32-16-18-33(19-17-32)43-36(48)11-7-4-8-22-41-29(2)47/h3,5-6,9-10,12-19,28,35,37-38,46H,4,7-8,11,20-27H2,1-2H3,(H,41,47)(H,42,49)(H,43,48)/t28-,35+,37+,38+/m1/s1. The molecule has 3 aromatic carbocycles. The quantitative estimate of drug-likeness (QED) is 0.183. The van der Waals surface area contributed by atoms with E-state index < -0.39 is 11.8 Å². The number of amides is 3. The first-order valence-corrected chi connectivity index (χ1v) is 18.2.